The number of rotatable bonds is 2. The van der Waals surface area contributed by atoms with Crippen molar-refractivity contribution in [3.8, 4) is 0 Å². The van der Waals surface area contributed by atoms with Crippen LogP contribution in [0.1, 0.15) is 10.4 Å². The van der Waals surface area contributed by atoms with Gasteiger partial charge in [0.05, 0.1) is 38.8 Å². The third-order valence-corrected chi connectivity index (χ3v) is 4.57. The fourth-order valence-electron chi connectivity index (χ4n) is 2.36. The second-order valence-electron chi connectivity index (χ2n) is 5.03. The van der Waals surface area contributed by atoms with Crippen LogP contribution >= 0.6 is 11.3 Å². The Labute approximate surface area is 116 Å². The van der Waals surface area contributed by atoms with Crippen molar-refractivity contribution in [1.29, 1.82) is 0 Å². The molecule has 1 aromatic heterocycles. The number of thiophene rings is 1. The lowest BCUT2D eigenvalue weighted by atomic mass is 10.2. The van der Waals surface area contributed by atoms with E-state index in [1.165, 1.54) is 4.90 Å². The van der Waals surface area contributed by atoms with Crippen LogP contribution in [0, 0.1) is 0 Å². The molecule has 3 rings (SSSR count). The zero-order chi connectivity index (χ0) is 13.2. The summed E-state index contributed by atoms with van der Waals surface area (Å²) in [5.74, 6) is 0.0111. The molecule has 0 aliphatic carbocycles. The van der Waals surface area contributed by atoms with Gasteiger partial charge < -0.3 is 4.90 Å². The highest BCUT2D eigenvalue weighted by atomic mass is 32.1. The van der Waals surface area contributed by atoms with Gasteiger partial charge in [0.15, 0.2) is 0 Å². The molecule has 0 spiro atoms. The number of fused-ring (bicyclic) bond motifs is 1. The number of likely N-dealkylation sites (N-methyl/N-ethyl adjacent to an activating group) is 1. The summed E-state index contributed by atoms with van der Waals surface area (Å²) < 4.78 is 1.16. The van der Waals surface area contributed by atoms with Crippen LogP contribution in [0.4, 0.5) is 0 Å². The Balaban J connectivity index is 1.73. The summed E-state index contributed by atoms with van der Waals surface area (Å²) in [6, 6.07) is 8.04. The molecular weight excluding hydrogens is 258 g/mol. The second-order valence-corrected chi connectivity index (χ2v) is 5.94. The maximum atomic E-state index is 12.3. The monoisotopic (exact) mass is 276 g/mol. The average molecular weight is 276 g/mol. The van der Waals surface area contributed by atoms with Gasteiger partial charge in [-0.3, -0.25) is 10.2 Å². The van der Waals surface area contributed by atoms with Crippen molar-refractivity contribution < 1.29 is 9.69 Å². The van der Waals surface area contributed by atoms with Crippen molar-refractivity contribution in [1.82, 2.24) is 10.4 Å². The number of nitrogens with zero attached hydrogens (tertiary/aromatic N) is 1. The third kappa shape index (κ3) is 2.63. The molecule has 100 valence electrons. The standard InChI is InChI=1S/C14H17N3OS/c1-16-6-8-17(9-7-16)15-14(18)12-10-19-13-5-3-2-4-11(12)13/h2-5,10H,6-9H2,1H3,(H,15,18)/p+1. The van der Waals surface area contributed by atoms with E-state index in [1.807, 2.05) is 28.6 Å². The number of amides is 1. The fourth-order valence-corrected chi connectivity index (χ4v) is 3.30. The first-order valence-corrected chi connectivity index (χ1v) is 7.45. The molecule has 1 amide bonds. The highest BCUT2D eigenvalue weighted by Gasteiger charge is 2.20. The van der Waals surface area contributed by atoms with Crippen LogP contribution in [0.15, 0.2) is 29.6 Å². The van der Waals surface area contributed by atoms with E-state index in [0.29, 0.717) is 0 Å². The van der Waals surface area contributed by atoms with Gasteiger partial charge in [-0.15, -0.1) is 11.3 Å². The van der Waals surface area contributed by atoms with E-state index in [0.717, 1.165) is 41.8 Å². The minimum Gasteiger partial charge on any atom is -0.335 e. The third-order valence-electron chi connectivity index (χ3n) is 3.60. The summed E-state index contributed by atoms with van der Waals surface area (Å²) in [7, 11) is 2.19. The van der Waals surface area contributed by atoms with Gasteiger partial charge in [-0.1, -0.05) is 18.2 Å². The SMILES string of the molecule is C[NH+]1CCN(NC(=O)c2csc3ccccc23)CC1. The second kappa shape index (κ2) is 5.28. The Kier molecular flexibility index (Phi) is 3.50. The van der Waals surface area contributed by atoms with Crippen molar-refractivity contribution >= 4 is 27.3 Å². The molecule has 1 aromatic carbocycles. The summed E-state index contributed by atoms with van der Waals surface area (Å²) in [6.45, 7) is 3.98. The molecular formula is C14H18N3OS+. The predicted molar refractivity (Wildman–Crippen MR) is 77.5 cm³/mol. The van der Waals surface area contributed by atoms with Crippen molar-refractivity contribution in [2.75, 3.05) is 33.2 Å². The van der Waals surface area contributed by atoms with E-state index >= 15 is 0 Å². The van der Waals surface area contributed by atoms with Crippen molar-refractivity contribution in [2.45, 2.75) is 0 Å². The average Bonchev–Trinajstić information content (AvgIpc) is 2.85. The Morgan fingerprint density at radius 2 is 2.05 bits per heavy atom. The number of hydrazine groups is 1. The van der Waals surface area contributed by atoms with Crippen LogP contribution in [-0.4, -0.2) is 44.1 Å². The molecule has 0 atom stereocenters. The summed E-state index contributed by atoms with van der Waals surface area (Å²) in [5.41, 5.74) is 3.81. The predicted octanol–water partition coefficient (Wildman–Crippen LogP) is 0.376. The Bertz CT molecular complexity index is 587. The van der Waals surface area contributed by atoms with Crippen LogP contribution in [0.25, 0.3) is 10.1 Å². The quantitative estimate of drug-likeness (QED) is 0.832. The Morgan fingerprint density at radius 3 is 2.84 bits per heavy atom. The van der Waals surface area contributed by atoms with E-state index in [2.05, 4.69) is 18.5 Å². The molecule has 0 unspecified atom stereocenters. The van der Waals surface area contributed by atoms with Gasteiger partial charge in [0.2, 0.25) is 0 Å². The molecule has 19 heavy (non-hydrogen) atoms. The molecule has 0 saturated carbocycles. The van der Waals surface area contributed by atoms with E-state index in [-0.39, 0.29) is 5.91 Å². The summed E-state index contributed by atoms with van der Waals surface area (Å²) >= 11 is 1.62. The largest absolute Gasteiger partial charge is 0.335 e. The van der Waals surface area contributed by atoms with Gasteiger partial charge in [0.25, 0.3) is 5.91 Å². The molecule has 2 N–H and O–H groups in total. The first-order valence-electron chi connectivity index (χ1n) is 6.57. The molecule has 2 heterocycles. The van der Waals surface area contributed by atoms with Gasteiger partial charge in [-0.05, 0) is 6.07 Å². The number of piperazine rings is 1. The van der Waals surface area contributed by atoms with Crippen molar-refractivity contribution in [3.63, 3.8) is 0 Å². The number of hydrogen-bond donors (Lipinski definition) is 2. The van der Waals surface area contributed by atoms with Crippen LogP contribution in [0.2, 0.25) is 0 Å². The zero-order valence-electron chi connectivity index (χ0n) is 11.0. The smallest absolute Gasteiger partial charge is 0.267 e. The minimum atomic E-state index is 0.0111. The highest BCUT2D eigenvalue weighted by molar-refractivity contribution is 7.17. The maximum absolute atomic E-state index is 12.3. The van der Waals surface area contributed by atoms with Gasteiger partial charge in [-0.25, -0.2) is 5.01 Å². The number of hydrogen-bond acceptors (Lipinski definition) is 3. The highest BCUT2D eigenvalue weighted by Crippen LogP contribution is 2.25. The van der Waals surface area contributed by atoms with Crippen LogP contribution in [0.3, 0.4) is 0 Å². The van der Waals surface area contributed by atoms with E-state index in [9.17, 15) is 4.79 Å². The van der Waals surface area contributed by atoms with Gasteiger partial charge in [0.1, 0.15) is 0 Å². The first kappa shape index (κ1) is 12.6. The summed E-state index contributed by atoms with van der Waals surface area (Å²) in [4.78, 5) is 13.8. The lowest BCUT2D eigenvalue weighted by molar-refractivity contribution is -0.884. The topological polar surface area (TPSA) is 36.8 Å². The summed E-state index contributed by atoms with van der Waals surface area (Å²) in [6.07, 6.45) is 0. The molecule has 4 nitrogen and oxygen atoms in total. The van der Waals surface area contributed by atoms with Gasteiger partial charge in [-0.2, -0.15) is 0 Å². The Morgan fingerprint density at radius 1 is 1.32 bits per heavy atom. The fraction of sp³-hybridized carbons (Fsp3) is 0.357. The number of quaternary nitrogens is 1. The molecule has 1 aliphatic heterocycles. The molecule has 1 fully saturated rings. The lowest BCUT2D eigenvalue weighted by Gasteiger charge is -2.29. The molecule has 0 radical (unpaired) electrons. The van der Waals surface area contributed by atoms with Crippen molar-refractivity contribution in [3.05, 3.63) is 35.2 Å². The molecule has 0 bridgehead atoms. The zero-order valence-corrected chi connectivity index (χ0v) is 11.8. The van der Waals surface area contributed by atoms with Gasteiger partial charge in [0, 0.05) is 15.5 Å². The van der Waals surface area contributed by atoms with E-state index in [1.54, 1.807) is 11.3 Å². The molecule has 1 aliphatic rings. The maximum Gasteiger partial charge on any atom is 0.267 e. The molecule has 1 saturated heterocycles. The number of carbonyl (C=O) groups is 1. The van der Waals surface area contributed by atoms with Gasteiger partial charge >= 0.3 is 0 Å². The summed E-state index contributed by atoms with van der Waals surface area (Å²) in [5, 5.41) is 5.02. The minimum absolute atomic E-state index is 0.0111. The molecule has 2 aromatic rings. The Hall–Kier alpha value is -1.43. The van der Waals surface area contributed by atoms with Crippen LogP contribution in [0.5, 0.6) is 0 Å². The lowest BCUT2D eigenvalue weighted by Crippen LogP contribution is -3.12. The molecule has 5 heteroatoms. The number of benzene rings is 1. The normalized spacial score (nSPS) is 17.7. The van der Waals surface area contributed by atoms with Crippen LogP contribution in [-0.2, 0) is 0 Å². The first-order chi connectivity index (χ1) is 9.24. The number of nitrogens with one attached hydrogen (secondary N) is 2. The van der Waals surface area contributed by atoms with E-state index < -0.39 is 0 Å². The van der Waals surface area contributed by atoms with Crippen molar-refractivity contribution in [2.24, 2.45) is 0 Å². The van der Waals surface area contributed by atoms with E-state index in [4.69, 9.17) is 0 Å². The van der Waals surface area contributed by atoms with Crippen LogP contribution < -0.4 is 10.3 Å². The number of carbonyl (C=O) groups excluding carboxylic acids is 1.